The van der Waals surface area contributed by atoms with Crippen molar-refractivity contribution in [1.82, 2.24) is 19.1 Å². The number of H-pyrrole nitrogens is 1. The van der Waals surface area contributed by atoms with E-state index in [-0.39, 0.29) is 11.2 Å². The lowest BCUT2D eigenvalue weighted by Crippen LogP contribution is -2.37. The number of thioether (sulfide) groups is 1. The first-order valence-electron chi connectivity index (χ1n) is 6.81. The fourth-order valence-electron chi connectivity index (χ4n) is 2.23. The van der Waals surface area contributed by atoms with E-state index < -0.39 is 0 Å². The molecule has 2 heterocycles. The predicted molar refractivity (Wildman–Crippen MR) is 87.3 cm³/mol. The molecule has 0 aliphatic rings. The van der Waals surface area contributed by atoms with Crippen molar-refractivity contribution in [3.8, 4) is 0 Å². The molecule has 0 unspecified atom stereocenters. The Balaban J connectivity index is 1.88. The molecule has 0 amide bonds. The van der Waals surface area contributed by atoms with Gasteiger partial charge in [0.1, 0.15) is 0 Å². The van der Waals surface area contributed by atoms with Crippen LogP contribution in [0.25, 0.3) is 11.0 Å². The number of imidazole rings is 1. The van der Waals surface area contributed by atoms with Gasteiger partial charge in [-0.1, -0.05) is 17.8 Å². The number of aromatic amines is 1. The molecule has 22 heavy (non-hydrogen) atoms. The number of hydrogen-bond acceptors (Lipinski definition) is 4. The van der Waals surface area contributed by atoms with Crippen LogP contribution in [0.2, 0.25) is 0 Å². The largest absolute Gasteiger partial charge is 0.333 e. The van der Waals surface area contributed by atoms with E-state index in [0.717, 1.165) is 20.8 Å². The van der Waals surface area contributed by atoms with Crippen molar-refractivity contribution in [2.24, 2.45) is 14.1 Å². The Morgan fingerprint density at radius 3 is 2.73 bits per heavy atom. The molecule has 7 heteroatoms. The molecule has 0 atom stereocenters. The second-order valence-electron chi connectivity index (χ2n) is 5.23. The maximum Gasteiger partial charge on any atom is 0.330 e. The summed E-state index contributed by atoms with van der Waals surface area (Å²) in [6.07, 6.45) is 0. The lowest BCUT2D eigenvalue weighted by molar-refractivity contribution is 0.665. The molecule has 3 aromatic rings. The minimum absolute atomic E-state index is 0.293. The van der Waals surface area contributed by atoms with Gasteiger partial charge in [0.15, 0.2) is 5.16 Å². The van der Waals surface area contributed by atoms with Gasteiger partial charge in [0.05, 0.1) is 11.0 Å². The third-order valence-electron chi connectivity index (χ3n) is 3.60. The zero-order valence-corrected chi connectivity index (χ0v) is 13.4. The summed E-state index contributed by atoms with van der Waals surface area (Å²) in [6, 6.07) is 7.52. The van der Waals surface area contributed by atoms with E-state index in [1.807, 2.05) is 25.1 Å². The van der Waals surface area contributed by atoms with Gasteiger partial charge in [0, 0.05) is 31.6 Å². The van der Waals surface area contributed by atoms with E-state index in [4.69, 9.17) is 0 Å². The maximum absolute atomic E-state index is 11.9. The number of hydrogen-bond donors (Lipinski definition) is 1. The van der Waals surface area contributed by atoms with Gasteiger partial charge >= 0.3 is 5.69 Å². The Morgan fingerprint density at radius 1 is 1.18 bits per heavy atom. The van der Waals surface area contributed by atoms with E-state index in [9.17, 15) is 9.59 Å². The molecule has 114 valence electrons. The summed E-state index contributed by atoms with van der Waals surface area (Å²) >= 11 is 1.47. The average Bonchev–Trinajstić information content (AvgIpc) is 2.89. The molecule has 0 aliphatic carbocycles. The second-order valence-corrected chi connectivity index (χ2v) is 6.19. The van der Waals surface area contributed by atoms with Crippen LogP contribution in [-0.2, 0) is 19.8 Å². The molecule has 0 saturated carbocycles. The van der Waals surface area contributed by atoms with Gasteiger partial charge < -0.3 is 4.98 Å². The lowest BCUT2D eigenvalue weighted by Gasteiger charge is -2.07. The summed E-state index contributed by atoms with van der Waals surface area (Å²) in [5.74, 6) is 0.501. The molecule has 0 radical (unpaired) electrons. The SMILES string of the molecule is Cc1ccc2nc(SCc3cc(=O)n(C)c(=O)n3C)[nH]c2c1. The fraction of sp³-hybridized carbons (Fsp3) is 0.267. The summed E-state index contributed by atoms with van der Waals surface area (Å²) < 4.78 is 2.58. The van der Waals surface area contributed by atoms with Crippen LogP contribution < -0.4 is 11.2 Å². The highest BCUT2D eigenvalue weighted by molar-refractivity contribution is 7.98. The number of nitrogens with one attached hydrogen (secondary N) is 1. The zero-order valence-electron chi connectivity index (χ0n) is 12.6. The van der Waals surface area contributed by atoms with E-state index in [2.05, 4.69) is 9.97 Å². The molecule has 6 nitrogen and oxygen atoms in total. The number of fused-ring (bicyclic) bond motifs is 1. The van der Waals surface area contributed by atoms with Gasteiger partial charge in [-0.3, -0.25) is 13.9 Å². The van der Waals surface area contributed by atoms with E-state index >= 15 is 0 Å². The van der Waals surface area contributed by atoms with E-state index in [1.165, 1.54) is 35.0 Å². The van der Waals surface area contributed by atoms with Gasteiger partial charge in [-0.15, -0.1) is 0 Å². The Kier molecular flexibility index (Phi) is 3.66. The summed E-state index contributed by atoms with van der Waals surface area (Å²) in [7, 11) is 3.14. The highest BCUT2D eigenvalue weighted by Gasteiger charge is 2.08. The summed E-state index contributed by atoms with van der Waals surface area (Å²) in [5, 5.41) is 0.772. The molecule has 1 aromatic carbocycles. The van der Waals surface area contributed by atoms with Gasteiger partial charge in [-0.2, -0.15) is 0 Å². The number of aromatic nitrogens is 4. The van der Waals surface area contributed by atoms with Gasteiger partial charge in [0.2, 0.25) is 0 Å². The first-order chi connectivity index (χ1) is 10.5. The molecular formula is C15H16N4O2S. The smallest absolute Gasteiger partial charge is 0.330 e. The maximum atomic E-state index is 11.9. The van der Waals surface area contributed by atoms with Gasteiger partial charge in [0.25, 0.3) is 5.56 Å². The lowest BCUT2D eigenvalue weighted by atomic mass is 10.2. The van der Waals surface area contributed by atoms with Crippen LogP contribution in [-0.4, -0.2) is 19.1 Å². The summed E-state index contributed by atoms with van der Waals surface area (Å²) in [5.41, 5.74) is 3.13. The van der Waals surface area contributed by atoms with Crippen LogP contribution >= 0.6 is 11.8 Å². The van der Waals surface area contributed by atoms with Crippen LogP contribution in [0.1, 0.15) is 11.3 Å². The molecule has 2 aromatic heterocycles. The molecule has 0 fully saturated rings. The van der Waals surface area contributed by atoms with Crippen LogP contribution in [0.5, 0.6) is 0 Å². The van der Waals surface area contributed by atoms with Crippen LogP contribution in [0.4, 0.5) is 0 Å². The molecule has 0 spiro atoms. The topological polar surface area (TPSA) is 72.7 Å². The number of rotatable bonds is 3. The quantitative estimate of drug-likeness (QED) is 0.744. The van der Waals surface area contributed by atoms with Crippen molar-refractivity contribution in [3.05, 3.63) is 56.4 Å². The number of nitrogens with zero attached hydrogens (tertiary/aromatic N) is 3. The van der Waals surface area contributed by atoms with Crippen molar-refractivity contribution in [3.63, 3.8) is 0 Å². The Labute approximate surface area is 130 Å². The Hall–Kier alpha value is -2.28. The molecule has 0 bridgehead atoms. The third-order valence-corrected chi connectivity index (χ3v) is 4.50. The van der Waals surface area contributed by atoms with Crippen LogP contribution in [0.15, 0.2) is 39.0 Å². The first kappa shape index (κ1) is 14.6. The molecule has 0 aliphatic heterocycles. The highest BCUT2D eigenvalue weighted by Crippen LogP contribution is 2.22. The zero-order chi connectivity index (χ0) is 15.9. The monoisotopic (exact) mass is 316 g/mol. The van der Waals surface area contributed by atoms with Gasteiger partial charge in [-0.25, -0.2) is 9.78 Å². The second kappa shape index (κ2) is 5.49. The normalized spacial score (nSPS) is 11.2. The summed E-state index contributed by atoms with van der Waals surface area (Å²) in [4.78, 5) is 31.4. The number of aryl methyl sites for hydroxylation is 1. The third kappa shape index (κ3) is 2.59. The van der Waals surface area contributed by atoms with Crippen molar-refractivity contribution >= 4 is 22.8 Å². The van der Waals surface area contributed by atoms with Crippen molar-refractivity contribution < 1.29 is 0 Å². The van der Waals surface area contributed by atoms with Crippen molar-refractivity contribution in [2.75, 3.05) is 0 Å². The molecule has 3 rings (SSSR count). The van der Waals surface area contributed by atoms with Crippen molar-refractivity contribution in [1.29, 1.82) is 0 Å². The average molecular weight is 316 g/mol. The summed E-state index contributed by atoms with van der Waals surface area (Å²) in [6.45, 7) is 2.03. The predicted octanol–water partition coefficient (Wildman–Crippen LogP) is 1.56. The van der Waals surface area contributed by atoms with Crippen LogP contribution in [0, 0.1) is 6.92 Å². The Morgan fingerprint density at radius 2 is 1.95 bits per heavy atom. The molecule has 1 N–H and O–H groups in total. The van der Waals surface area contributed by atoms with Crippen molar-refractivity contribution in [2.45, 2.75) is 17.8 Å². The highest BCUT2D eigenvalue weighted by atomic mass is 32.2. The molecule has 0 saturated heterocycles. The first-order valence-corrected chi connectivity index (χ1v) is 7.79. The minimum atomic E-state index is -0.316. The van der Waals surface area contributed by atoms with Gasteiger partial charge in [-0.05, 0) is 24.6 Å². The Bertz CT molecular complexity index is 968. The van der Waals surface area contributed by atoms with Crippen LogP contribution in [0.3, 0.4) is 0 Å². The minimum Gasteiger partial charge on any atom is -0.333 e. The van der Waals surface area contributed by atoms with E-state index in [1.54, 1.807) is 7.05 Å². The number of benzene rings is 1. The standard InChI is InChI=1S/C15H16N4O2S/c1-9-4-5-11-12(6-9)17-14(16-11)22-8-10-7-13(20)19(3)15(21)18(10)2/h4-7H,8H2,1-3H3,(H,16,17). The van der Waals surface area contributed by atoms with E-state index in [0.29, 0.717) is 11.4 Å². The molecular weight excluding hydrogens is 300 g/mol. The fourth-order valence-corrected chi connectivity index (χ4v) is 3.13.